The van der Waals surface area contributed by atoms with E-state index in [9.17, 15) is 19.5 Å². The van der Waals surface area contributed by atoms with Gasteiger partial charge in [-0.1, -0.05) is 30.3 Å². The molecular weight excluding hydrogens is 308 g/mol. The van der Waals surface area contributed by atoms with E-state index in [-0.39, 0.29) is 18.2 Å². The number of carbonyl (C=O) groups excluding carboxylic acids is 2. The van der Waals surface area contributed by atoms with Crippen molar-refractivity contribution in [1.29, 1.82) is 0 Å². The zero-order valence-electron chi connectivity index (χ0n) is 14.0. The summed E-state index contributed by atoms with van der Waals surface area (Å²) in [5.74, 6) is -1.24. The van der Waals surface area contributed by atoms with Crippen LogP contribution in [0.25, 0.3) is 0 Å². The number of amides is 2. The number of nitrogens with zero attached hydrogens (tertiary/aromatic N) is 2. The number of carboxylic acid groups (broad SMARTS) is 1. The molecule has 2 amide bonds. The third-order valence-corrected chi connectivity index (χ3v) is 4.37. The minimum absolute atomic E-state index is 0.0971. The SMILES string of the molecule is CC(=O)N(CCC(=O)N1CCCC[C@@H]1C(=O)O)Cc1ccccc1. The number of hydrogen-bond acceptors (Lipinski definition) is 3. The molecule has 2 rings (SSSR count). The first-order valence-corrected chi connectivity index (χ1v) is 8.30. The van der Waals surface area contributed by atoms with Crippen molar-refractivity contribution < 1.29 is 19.5 Å². The number of likely N-dealkylation sites (tertiary alicyclic amines) is 1. The lowest BCUT2D eigenvalue weighted by Gasteiger charge is -2.33. The molecule has 0 spiro atoms. The van der Waals surface area contributed by atoms with Gasteiger partial charge in [0.15, 0.2) is 0 Å². The van der Waals surface area contributed by atoms with E-state index in [4.69, 9.17) is 0 Å². The molecular formula is C18H24N2O4. The molecule has 0 aliphatic carbocycles. The molecule has 6 heteroatoms. The normalized spacial score (nSPS) is 17.4. The lowest BCUT2D eigenvalue weighted by Crippen LogP contribution is -2.48. The summed E-state index contributed by atoms with van der Waals surface area (Å²) in [6.45, 7) is 2.71. The third-order valence-electron chi connectivity index (χ3n) is 4.37. The standard InChI is InChI=1S/C18H24N2O4/c1-14(21)19(13-15-7-3-2-4-8-15)12-10-17(22)20-11-6-5-9-16(20)18(23)24/h2-4,7-8,16H,5-6,9-13H2,1H3,(H,23,24)/t16-/m1/s1. The maximum absolute atomic E-state index is 12.4. The summed E-state index contributed by atoms with van der Waals surface area (Å²) in [7, 11) is 0. The number of carboxylic acids is 1. The van der Waals surface area contributed by atoms with Gasteiger partial charge in [-0.25, -0.2) is 4.79 Å². The lowest BCUT2D eigenvalue weighted by atomic mass is 10.0. The Morgan fingerprint density at radius 1 is 1.21 bits per heavy atom. The van der Waals surface area contributed by atoms with Crippen molar-refractivity contribution in [1.82, 2.24) is 9.80 Å². The number of rotatable bonds is 6. The molecule has 1 aliphatic rings. The van der Waals surface area contributed by atoms with E-state index in [0.29, 0.717) is 26.1 Å². The molecule has 0 unspecified atom stereocenters. The zero-order valence-corrected chi connectivity index (χ0v) is 14.0. The summed E-state index contributed by atoms with van der Waals surface area (Å²) in [5.41, 5.74) is 1.00. The molecule has 24 heavy (non-hydrogen) atoms. The highest BCUT2D eigenvalue weighted by atomic mass is 16.4. The molecule has 0 bridgehead atoms. The number of benzene rings is 1. The summed E-state index contributed by atoms with van der Waals surface area (Å²) in [6.07, 6.45) is 2.31. The Morgan fingerprint density at radius 3 is 2.54 bits per heavy atom. The van der Waals surface area contributed by atoms with Crippen molar-refractivity contribution in [2.45, 2.75) is 45.2 Å². The second-order valence-electron chi connectivity index (χ2n) is 6.11. The van der Waals surface area contributed by atoms with E-state index in [1.807, 2.05) is 30.3 Å². The minimum Gasteiger partial charge on any atom is -0.480 e. The van der Waals surface area contributed by atoms with Gasteiger partial charge in [-0.15, -0.1) is 0 Å². The van der Waals surface area contributed by atoms with Crippen LogP contribution >= 0.6 is 0 Å². The molecule has 1 saturated heterocycles. The molecule has 1 atom stereocenters. The topological polar surface area (TPSA) is 77.9 Å². The fourth-order valence-corrected chi connectivity index (χ4v) is 3.01. The van der Waals surface area contributed by atoms with Crippen LogP contribution in [0.5, 0.6) is 0 Å². The zero-order chi connectivity index (χ0) is 17.5. The number of carbonyl (C=O) groups is 3. The predicted octanol–water partition coefficient (Wildman–Crippen LogP) is 1.89. The Bertz CT molecular complexity index is 588. The largest absolute Gasteiger partial charge is 0.480 e. The number of aliphatic carboxylic acids is 1. The summed E-state index contributed by atoms with van der Waals surface area (Å²) in [6, 6.07) is 8.86. The first-order chi connectivity index (χ1) is 11.5. The molecule has 0 aromatic heterocycles. The average Bonchev–Trinajstić information content (AvgIpc) is 2.58. The summed E-state index contributed by atoms with van der Waals surface area (Å²) >= 11 is 0. The first-order valence-electron chi connectivity index (χ1n) is 8.30. The summed E-state index contributed by atoms with van der Waals surface area (Å²) in [4.78, 5) is 38.6. The monoisotopic (exact) mass is 332 g/mol. The van der Waals surface area contributed by atoms with Crippen LogP contribution in [-0.4, -0.2) is 51.8 Å². The Kier molecular flexibility index (Phi) is 6.35. The third kappa shape index (κ3) is 4.81. The van der Waals surface area contributed by atoms with Crippen molar-refractivity contribution in [2.75, 3.05) is 13.1 Å². The highest BCUT2D eigenvalue weighted by Crippen LogP contribution is 2.18. The Morgan fingerprint density at radius 2 is 1.92 bits per heavy atom. The Labute approximate surface area is 142 Å². The van der Waals surface area contributed by atoms with Crippen LogP contribution in [0.3, 0.4) is 0 Å². The van der Waals surface area contributed by atoms with E-state index in [2.05, 4.69) is 0 Å². The van der Waals surface area contributed by atoms with Crippen LogP contribution in [0.4, 0.5) is 0 Å². The maximum atomic E-state index is 12.4. The van der Waals surface area contributed by atoms with E-state index in [0.717, 1.165) is 18.4 Å². The summed E-state index contributed by atoms with van der Waals surface area (Å²) < 4.78 is 0. The molecule has 1 fully saturated rings. The van der Waals surface area contributed by atoms with Gasteiger partial charge in [-0.05, 0) is 24.8 Å². The van der Waals surface area contributed by atoms with Crippen LogP contribution in [0, 0.1) is 0 Å². The van der Waals surface area contributed by atoms with E-state index in [1.54, 1.807) is 4.90 Å². The quantitative estimate of drug-likeness (QED) is 0.863. The number of hydrogen-bond donors (Lipinski definition) is 1. The van der Waals surface area contributed by atoms with Gasteiger partial charge in [-0.2, -0.15) is 0 Å². The van der Waals surface area contributed by atoms with Gasteiger partial charge in [0.25, 0.3) is 0 Å². The van der Waals surface area contributed by atoms with Crippen LogP contribution in [-0.2, 0) is 20.9 Å². The lowest BCUT2D eigenvalue weighted by molar-refractivity contribution is -0.152. The molecule has 1 N–H and O–H groups in total. The van der Waals surface area contributed by atoms with Crippen molar-refractivity contribution in [3.63, 3.8) is 0 Å². The fraction of sp³-hybridized carbons (Fsp3) is 0.500. The van der Waals surface area contributed by atoms with Crippen LogP contribution in [0.2, 0.25) is 0 Å². The van der Waals surface area contributed by atoms with Gasteiger partial charge in [0.1, 0.15) is 6.04 Å². The van der Waals surface area contributed by atoms with Crippen molar-refractivity contribution >= 4 is 17.8 Å². The molecule has 130 valence electrons. The van der Waals surface area contributed by atoms with Gasteiger partial charge in [0.05, 0.1) is 0 Å². The first kappa shape index (κ1) is 18.0. The number of piperidine rings is 1. The predicted molar refractivity (Wildman–Crippen MR) is 89.1 cm³/mol. The van der Waals surface area contributed by atoms with Crippen molar-refractivity contribution in [2.24, 2.45) is 0 Å². The second kappa shape index (κ2) is 8.47. The smallest absolute Gasteiger partial charge is 0.326 e. The Hall–Kier alpha value is -2.37. The maximum Gasteiger partial charge on any atom is 0.326 e. The van der Waals surface area contributed by atoms with E-state index in [1.165, 1.54) is 11.8 Å². The second-order valence-corrected chi connectivity index (χ2v) is 6.11. The molecule has 1 aromatic rings. The molecule has 1 heterocycles. The van der Waals surface area contributed by atoms with E-state index >= 15 is 0 Å². The minimum atomic E-state index is -0.948. The summed E-state index contributed by atoms with van der Waals surface area (Å²) in [5, 5.41) is 9.26. The molecule has 6 nitrogen and oxygen atoms in total. The highest BCUT2D eigenvalue weighted by molar-refractivity contribution is 5.84. The van der Waals surface area contributed by atoms with Crippen LogP contribution in [0.15, 0.2) is 30.3 Å². The van der Waals surface area contributed by atoms with Gasteiger partial charge in [-0.3, -0.25) is 9.59 Å². The van der Waals surface area contributed by atoms with Gasteiger partial charge < -0.3 is 14.9 Å². The highest BCUT2D eigenvalue weighted by Gasteiger charge is 2.31. The van der Waals surface area contributed by atoms with Crippen LogP contribution < -0.4 is 0 Å². The van der Waals surface area contributed by atoms with Gasteiger partial charge in [0, 0.05) is 33.0 Å². The molecule has 1 aliphatic heterocycles. The van der Waals surface area contributed by atoms with Gasteiger partial charge >= 0.3 is 5.97 Å². The fourth-order valence-electron chi connectivity index (χ4n) is 3.01. The Balaban J connectivity index is 1.94. The molecule has 1 aromatic carbocycles. The van der Waals surface area contributed by atoms with Crippen LogP contribution in [0.1, 0.15) is 38.2 Å². The van der Waals surface area contributed by atoms with Gasteiger partial charge in [0.2, 0.25) is 11.8 Å². The molecule has 0 radical (unpaired) electrons. The molecule has 0 saturated carbocycles. The van der Waals surface area contributed by atoms with E-state index < -0.39 is 12.0 Å². The van der Waals surface area contributed by atoms with Crippen molar-refractivity contribution in [3.05, 3.63) is 35.9 Å². The van der Waals surface area contributed by atoms with Crippen molar-refractivity contribution in [3.8, 4) is 0 Å². The average molecular weight is 332 g/mol.